The molecule has 1 fully saturated rings. The van der Waals surface area contributed by atoms with E-state index in [9.17, 15) is 4.79 Å². The van der Waals surface area contributed by atoms with Crippen LogP contribution in [0.15, 0.2) is 17.8 Å². The van der Waals surface area contributed by atoms with Crippen molar-refractivity contribution in [3.8, 4) is 0 Å². The van der Waals surface area contributed by atoms with E-state index in [0.717, 1.165) is 25.2 Å². The molecule has 0 spiro atoms. The Hall–Kier alpha value is -1.73. The Morgan fingerprint density at radius 3 is 3.14 bits per heavy atom. The highest BCUT2D eigenvalue weighted by atomic mass is 32.1. The quantitative estimate of drug-likeness (QED) is 0.940. The van der Waals surface area contributed by atoms with Gasteiger partial charge in [-0.05, 0) is 19.4 Å². The lowest BCUT2D eigenvalue weighted by Crippen LogP contribution is -2.22. The number of carbonyl (C=O) groups excluding carboxylic acids is 1. The lowest BCUT2D eigenvalue weighted by molar-refractivity contribution is -0.114. The fraction of sp³-hybridized carbons (Fsp3) is 0.500. The first-order chi connectivity index (χ1) is 10.1. The van der Waals surface area contributed by atoms with Gasteiger partial charge in [0.15, 0.2) is 5.13 Å². The number of nitrogens with one attached hydrogen (secondary N) is 1. The zero-order valence-electron chi connectivity index (χ0n) is 12.2. The van der Waals surface area contributed by atoms with Crippen LogP contribution in [0.1, 0.15) is 37.1 Å². The maximum atomic E-state index is 11.0. The van der Waals surface area contributed by atoms with Gasteiger partial charge in [-0.15, -0.1) is 11.3 Å². The van der Waals surface area contributed by atoms with Gasteiger partial charge in [-0.25, -0.2) is 4.98 Å². The van der Waals surface area contributed by atoms with E-state index in [4.69, 9.17) is 0 Å². The van der Waals surface area contributed by atoms with Crippen molar-refractivity contribution in [2.24, 2.45) is 7.05 Å². The molecule has 2 aromatic heterocycles. The number of carbonyl (C=O) groups is 1. The van der Waals surface area contributed by atoms with Crippen LogP contribution in [0.25, 0.3) is 0 Å². The van der Waals surface area contributed by atoms with Crippen molar-refractivity contribution in [2.75, 3.05) is 11.9 Å². The third kappa shape index (κ3) is 3.30. The second-order valence-corrected chi connectivity index (χ2v) is 6.26. The van der Waals surface area contributed by atoms with Crippen molar-refractivity contribution in [1.29, 1.82) is 0 Å². The van der Waals surface area contributed by atoms with Gasteiger partial charge in [-0.2, -0.15) is 5.10 Å². The van der Waals surface area contributed by atoms with Crippen LogP contribution in [0.2, 0.25) is 0 Å². The third-order valence-corrected chi connectivity index (χ3v) is 4.48. The molecule has 3 rings (SSSR count). The molecule has 1 aliphatic heterocycles. The molecule has 0 radical (unpaired) electrons. The number of rotatable bonds is 4. The summed E-state index contributed by atoms with van der Waals surface area (Å²) in [5, 5.41) is 9.69. The molecule has 1 atom stereocenters. The Morgan fingerprint density at radius 2 is 2.43 bits per heavy atom. The molecule has 2 aromatic rings. The normalized spacial score (nSPS) is 19.0. The highest BCUT2D eigenvalue weighted by Gasteiger charge is 2.27. The number of anilines is 1. The first kappa shape index (κ1) is 14.2. The number of amides is 1. The summed E-state index contributed by atoms with van der Waals surface area (Å²) in [5.74, 6) is -0.0784. The van der Waals surface area contributed by atoms with Crippen molar-refractivity contribution in [1.82, 2.24) is 19.7 Å². The standard InChI is InChI=1S/C14H19N5OS/c1-10(20)16-14-17-12(9-21-14)8-19-5-3-4-13(19)11-6-15-18(2)7-11/h6-7,9,13H,3-5,8H2,1-2H3,(H,16,17,20)/t13-/m1/s1. The molecule has 0 bridgehead atoms. The van der Waals surface area contributed by atoms with E-state index >= 15 is 0 Å². The Bertz CT molecular complexity index is 635. The van der Waals surface area contributed by atoms with Gasteiger partial charge in [0.2, 0.25) is 5.91 Å². The molecule has 1 saturated heterocycles. The minimum absolute atomic E-state index is 0.0784. The van der Waals surface area contributed by atoms with Crippen LogP contribution in [-0.2, 0) is 18.4 Å². The third-order valence-electron chi connectivity index (χ3n) is 3.67. The lowest BCUT2D eigenvalue weighted by Gasteiger charge is -2.22. The average Bonchev–Trinajstić information content (AvgIpc) is 3.11. The van der Waals surface area contributed by atoms with Crippen LogP contribution in [0.5, 0.6) is 0 Å². The van der Waals surface area contributed by atoms with Crippen molar-refractivity contribution in [2.45, 2.75) is 32.4 Å². The summed E-state index contributed by atoms with van der Waals surface area (Å²) in [6.45, 7) is 3.39. The molecule has 1 N–H and O–H groups in total. The molecule has 0 saturated carbocycles. The predicted octanol–water partition coefficient (Wildman–Crippen LogP) is 2.17. The fourth-order valence-corrected chi connectivity index (χ4v) is 3.55. The summed E-state index contributed by atoms with van der Waals surface area (Å²) in [7, 11) is 1.95. The zero-order valence-corrected chi connectivity index (χ0v) is 13.1. The van der Waals surface area contributed by atoms with Gasteiger partial charge >= 0.3 is 0 Å². The van der Waals surface area contributed by atoms with Gasteiger partial charge in [0.05, 0.1) is 11.9 Å². The first-order valence-corrected chi connectivity index (χ1v) is 7.94. The Kier molecular flexibility index (Phi) is 4.03. The summed E-state index contributed by atoms with van der Waals surface area (Å²) in [6, 6.07) is 0.421. The smallest absolute Gasteiger partial charge is 0.223 e. The van der Waals surface area contributed by atoms with E-state index < -0.39 is 0 Å². The topological polar surface area (TPSA) is 63.1 Å². The Morgan fingerprint density at radius 1 is 1.57 bits per heavy atom. The number of nitrogens with zero attached hydrogens (tertiary/aromatic N) is 4. The number of hydrogen-bond donors (Lipinski definition) is 1. The highest BCUT2D eigenvalue weighted by Crippen LogP contribution is 2.33. The van der Waals surface area contributed by atoms with Crippen LogP contribution < -0.4 is 5.32 Å². The molecular weight excluding hydrogens is 286 g/mol. The van der Waals surface area contributed by atoms with Gasteiger partial charge in [0.25, 0.3) is 0 Å². The summed E-state index contributed by atoms with van der Waals surface area (Å²) in [6.07, 6.45) is 6.40. The van der Waals surface area contributed by atoms with Gasteiger partial charge < -0.3 is 5.32 Å². The lowest BCUT2D eigenvalue weighted by atomic mass is 10.1. The largest absolute Gasteiger partial charge is 0.302 e. The minimum Gasteiger partial charge on any atom is -0.302 e. The number of aryl methyl sites for hydroxylation is 1. The molecule has 112 valence electrons. The van der Waals surface area contributed by atoms with E-state index in [-0.39, 0.29) is 5.91 Å². The molecule has 0 unspecified atom stereocenters. The van der Waals surface area contributed by atoms with Crippen molar-refractivity contribution < 1.29 is 4.79 Å². The van der Waals surface area contributed by atoms with Crippen LogP contribution in [0.4, 0.5) is 5.13 Å². The van der Waals surface area contributed by atoms with Gasteiger partial charge in [0.1, 0.15) is 0 Å². The van der Waals surface area contributed by atoms with Crippen LogP contribution >= 0.6 is 11.3 Å². The summed E-state index contributed by atoms with van der Waals surface area (Å²) < 4.78 is 1.85. The number of hydrogen-bond acceptors (Lipinski definition) is 5. The second kappa shape index (κ2) is 5.95. The number of aromatic nitrogens is 3. The second-order valence-electron chi connectivity index (χ2n) is 5.40. The van der Waals surface area contributed by atoms with Crippen molar-refractivity contribution >= 4 is 22.4 Å². The van der Waals surface area contributed by atoms with E-state index in [1.165, 1.54) is 30.2 Å². The number of likely N-dealkylation sites (tertiary alicyclic amines) is 1. The minimum atomic E-state index is -0.0784. The monoisotopic (exact) mass is 305 g/mol. The van der Waals surface area contributed by atoms with E-state index in [0.29, 0.717) is 11.2 Å². The van der Waals surface area contributed by atoms with E-state index in [2.05, 4.69) is 26.5 Å². The summed E-state index contributed by atoms with van der Waals surface area (Å²) in [5.41, 5.74) is 2.28. The molecule has 1 amide bonds. The SMILES string of the molecule is CC(=O)Nc1nc(CN2CCC[C@@H]2c2cnn(C)c2)cs1. The highest BCUT2D eigenvalue weighted by molar-refractivity contribution is 7.13. The van der Waals surface area contributed by atoms with Crippen LogP contribution in [0.3, 0.4) is 0 Å². The molecule has 0 aliphatic carbocycles. The predicted molar refractivity (Wildman–Crippen MR) is 82.0 cm³/mol. The van der Waals surface area contributed by atoms with Gasteiger partial charge in [0, 0.05) is 43.7 Å². The molecular formula is C14H19N5OS. The maximum Gasteiger partial charge on any atom is 0.223 e. The van der Waals surface area contributed by atoms with Gasteiger partial charge in [-0.3, -0.25) is 14.4 Å². The first-order valence-electron chi connectivity index (χ1n) is 7.06. The van der Waals surface area contributed by atoms with Crippen LogP contribution in [0, 0.1) is 0 Å². The molecule has 0 aromatic carbocycles. The summed E-state index contributed by atoms with van der Waals surface area (Å²) >= 11 is 1.48. The average molecular weight is 305 g/mol. The fourth-order valence-electron chi connectivity index (χ4n) is 2.80. The van der Waals surface area contributed by atoms with Crippen LogP contribution in [-0.4, -0.2) is 32.1 Å². The zero-order chi connectivity index (χ0) is 14.8. The molecule has 21 heavy (non-hydrogen) atoms. The maximum absolute atomic E-state index is 11.0. The number of thiazole rings is 1. The molecule has 1 aliphatic rings. The van der Waals surface area contributed by atoms with Gasteiger partial charge in [-0.1, -0.05) is 0 Å². The van der Waals surface area contributed by atoms with Crippen molar-refractivity contribution in [3.05, 3.63) is 29.0 Å². The molecule has 6 nitrogen and oxygen atoms in total. The van der Waals surface area contributed by atoms with E-state index in [1.54, 1.807) is 0 Å². The van der Waals surface area contributed by atoms with Crippen molar-refractivity contribution in [3.63, 3.8) is 0 Å². The Labute approximate surface area is 127 Å². The Balaban J connectivity index is 1.68. The molecule has 7 heteroatoms. The summed E-state index contributed by atoms with van der Waals surface area (Å²) in [4.78, 5) is 17.9. The van der Waals surface area contributed by atoms with E-state index in [1.807, 2.05) is 23.3 Å². The molecule has 3 heterocycles.